The van der Waals surface area contributed by atoms with E-state index in [-0.39, 0.29) is 18.4 Å². The quantitative estimate of drug-likeness (QED) is 0.887. The second kappa shape index (κ2) is 8.05. The number of likely N-dealkylation sites (tertiary alicyclic amines) is 1. The predicted molar refractivity (Wildman–Crippen MR) is 88.0 cm³/mol. The van der Waals surface area contributed by atoms with Crippen LogP contribution >= 0.6 is 0 Å². The number of amides is 1. The topological polar surface area (TPSA) is 53.0 Å². The molecule has 0 saturated carbocycles. The SMILES string of the molecule is O=C(C[C@@H](O)c1cccc(F)c1)N1CCC[C@@H]1CN1CCOCC1. The molecule has 1 aromatic carbocycles. The smallest absolute Gasteiger partial charge is 0.225 e. The van der Waals surface area contributed by atoms with Gasteiger partial charge in [0.15, 0.2) is 0 Å². The second-order valence-corrected chi connectivity index (χ2v) is 6.57. The van der Waals surface area contributed by atoms with Crippen molar-refractivity contribution >= 4 is 5.91 Å². The summed E-state index contributed by atoms with van der Waals surface area (Å²) in [7, 11) is 0. The fourth-order valence-corrected chi connectivity index (χ4v) is 3.55. The number of aliphatic hydroxyl groups excluding tert-OH is 1. The molecule has 24 heavy (non-hydrogen) atoms. The molecule has 2 aliphatic heterocycles. The number of aliphatic hydroxyl groups is 1. The van der Waals surface area contributed by atoms with Gasteiger partial charge in [0, 0.05) is 32.2 Å². The van der Waals surface area contributed by atoms with E-state index >= 15 is 0 Å². The lowest BCUT2D eigenvalue weighted by Crippen LogP contribution is -2.46. The van der Waals surface area contributed by atoms with Crippen molar-refractivity contribution in [2.45, 2.75) is 31.4 Å². The summed E-state index contributed by atoms with van der Waals surface area (Å²) in [6.45, 7) is 4.92. The number of rotatable bonds is 5. The summed E-state index contributed by atoms with van der Waals surface area (Å²) in [4.78, 5) is 16.8. The molecule has 2 saturated heterocycles. The lowest BCUT2D eigenvalue weighted by Gasteiger charge is -2.33. The third-order valence-electron chi connectivity index (χ3n) is 4.87. The first-order chi connectivity index (χ1) is 11.6. The van der Waals surface area contributed by atoms with Crippen molar-refractivity contribution < 1.29 is 19.0 Å². The first-order valence-electron chi connectivity index (χ1n) is 8.66. The van der Waals surface area contributed by atoms with Crippen LogP contribution in [0.15, 0.2) is 24.3 Å². The molecule has 1 aromatic rings. The van der Waals surface area contributed by atoms with E-state index in [1.807, 2.05) is 4.90 Å². The van der Waals surface area contributed by atoms with Gasteiger partial charge in [0.2, 0.25) is 5.91 Å². The molecule has 132 valence electrons. The van der Waals surface area contributed by atoms with E-state index < -0.39 is 11.9 Å². The summed E-state index contributed by atoms with van der Waals surface area (Å²) >= 11 is 0. The average molecular weight is 336 g/mol. The van der Waals surface area contributed by atoms with Gasteiger partial charge in [-0.25, -0.2) is 4.39 Å². The molecule has 1 amide bonds. The molecule has 0 aromatic heterocycles. The van der Waals surface area contributed by atoms with Crippen molar-refractivity contribution in [1.82, 2.24) is 9.80 Å². The summed E-state index contributed by atoms with van der Waals surface area (Å²) in [5, 5.41) is 10.2. The van der Waals surface area contributed by atoms with Crippen LogP contribution in [0.2, 0.25) is 0 Å². The van der Waals surface area contributed by atoms with Gasteiger partial charge in [-0.2, -0.15) is 0 Å². The Morgan fingerprint density at radius 2 is 2.12 bits per heavy atom. The number of hydrogen-bond donors (Lipinski definition) is 1. The third kappa shape index (κ3) is 4.32. The van der Waals surface area contributed by atoms with Crippen LogP contribution in [-0.4, -0.2) is 66.2 Å². The Labute approximate surface area is 142 Å². The zero-order valence-corrected chi connectivity index (χ0v) is 13.9. The van der Waals surface area contributed by atoms with Crippen molar-refractivity contribution in [2.75, 3.05) is 39.4 Å². The standard InChI is InChI=1S/C18H25FN2O3/c19-15-4-1-3-14(11-15)17(22)12-18(23)21-6-2-5-16(21)13-20-7-9-24-10-8-20/h1,3-4,11,16-17,22H,2,5-10,12-13H2/t16-,17-/m1/s1. The molecule has 6 heteroatoms. The number of hydrogen-bond acceptors (Lipinski definition) is 4. The van der Waals surface area contributed by atoms with Crippen LogP contribution in [0.1, 0.15) is 30.9 Å². The van der Waals surface area contributed by atoms with Crippen LogP contribution in [0.4, 0.5) is 4.39 Å². The Morgan fingerprint density at radius 1 is 1.33 bits per heavy atom. The van der Waals surface area contributed by atoms with Gasteiger partial charge in [0.05, 0.1) is 25.7 Å². The molecule has 2 atom stereocenters. The molecule has 0 spiro atoms. The van der Waals surface area contributed by atoms with Gasteiger partial charge in [-0.1, -0.05) is 12.1 Å². The zero-order chi connectivity index (χ0) is 16.9. The minimum absolute atomic E-state index is 0.00304. The summed E-state index contributed by atoms with van der Waals surface area (Å²) in [6, 6.07) is 6.02. The molecular formula is C18H25FN2O3. The van der Waals surface area contributed by atoms with E-state index in [1.54, 1.807) is 12.1 Å². The summed E-state index contributed by atoms with van der Waals surface area (Å²) in [6.07, 6.45) is 1.04. The lowest BCUT2D eigenvalue weighted by molar-refractivity contribution is -0.134. The Morgan fingerprint density at radius 3 is 2.88 bits per heavy atom. The largest absolute Gasteiger partial charge is 0.388 e. The molecule has 0 radical (unpaired) electrons. The molecule has 3 rings (SSSR count). The number of benzene rings is 1. The molecule has 0 unspecified atom stereocenters. The molecule has 2 aliphatic rings. The highest BCUT2D eigenvalue weighted by molar-refractivity contribution is 5.77. The van der Waals surface area contributed by atoms with Gasteiger partial charge in [0.25, 0.3) is 0 Å². The fraction of sp³-hybridized carbons (Fsp3) is 0.611. The second-order valence-electron chi connectivity index (χ2n) is 6.57. The maximum Gasteiger partial charge on any atom is 0.225 e. The van der Waals surface area contributed by atoms with Gasteiger partial charge in [-0.15, -0.1) is 0 Å². The highest BCUT2D eigenvalue weighted by atomic mass is 19.1. The first-order valence-corrected chi connectivity index (χ1v) is 8.66. The van der Waals surface area contributed by atoms with E-state index in [4.69, 9.17) is 4.74 Å². The zero-order valence-electron chi connectivity index (χ0n) is 13.9. The van der Waals surface area contributed by atoms with Crippen molar-refractivity contribution in [3.63, 3.8) is 0 Å². The van der Waals surface area contributed by atoms with Crippen LogP contribution in [0.3, 0.4) is 0 Å². The van der Waals surface area contributed by atoms with Crippen LogP contribution in [0.25, 0.3) is 0 Å². The normalized spacial score (nSPS) is 23.4. The van der Waals surface area contributed by atoms with Gasteiger partial charge in [0.1, 0.15) is 5.82 Å². The van der Waals surface area contributed by atoms with Gasteiger partial charge in [-0.3, -0.25) is 9.69 Å². The molecular weight excluding hydrogens is 311 g/mol. The number of morpholine rings is 1. The van der Waals surface area contributed by atoms with Crippen LogP contribution in [0.5, 0.6) is 0 Å². The summed E-state index contributed by atoms with van der Waals surface area (Å²) < 4.78 is 18.6. The predicted octanol–water partition coefficient (Wildman–Crippen LogP) is 1.57. The van der Waals surface area contributed by atoms with Crippen molar-refractivity contribution in [3.8, 4) is 0 Å². The Balaban J connectivity index is 1.56. The highest BCUT2D eigenvalue weighted by Gasteiger charge is 2.31. The van der Waals surface area contributed by atoms with E-state index in [0.29, 0.717) is 5.56 Å². The molecule has 5 nitrogen and oxygen atoms in total. The summed E-state index contributed by atoms with van der Waals surface area (Å²) in [5.74, 6) is -0.451. The number of carbonyl (C=O) groups is 1. The summed E-state index contributed by atoms with van der Waals surface area (Å²) in [5.41, 5.74) is 0.451. The van der Waals surface area contributed by atoms with E-state index in [1.165, 1.54) is 12.1 Å². The van der Waals surface area contributed by atoms with Crippen molar-refractivity contribution in [2.24, 2.45) is 0 Å². The Bertz CT molecular complexity index is 563. The van der Waals surface area contributed by atoms with Crippen molar-refractivity contribution in [3.05, 3.63) is 35.6 Å². The Hall–Kier alpha value is -1.50. The minimum atomic E-state index is -0.960. The van der Waals surface area contributed by atoms with Crippen LogP contribution < -0.4 is 0 Å². The van der Waals surface area contributed by atoms with E-state index in [0.717, 1.165) is 52.2 Å². The van der Waals surface area contributed by atoms with Gasteiger partial charge >= 0.3 is 0 Å². The average Bonchev–Trinajstić information content (AvgIpc) is 3.04. The number of halogens is 1. The monoisotopic (exact) mass is 336 g/mol. The Kier molecular flexibility index (Phi) is 5.81. The maximum atomic E-state index is 13.3. The third-order valence-corrected chi connectivity index (χ3v) is 4.87. The molecule has 0 aliphatic carbocycles. The number of ether oxygens (including phenoxy) is 1. The fourth-order valence-electron chi connectivity index (χ4n) is 3.55. The molecule has 2 heterocycles. The lowest BCUT2D eigenvalue weighted by atomic mass is 10.1. The minimum Gasteiger partial charge on any atom is -0.388 e. The number of nitrogens with zero attached hydrogens (tertiary/aromatic N) is 2. The van der Waals surface area contributed by atoms with Crippen LogP contribution in [-0.2, 0) is 9.53 Å². The maximum absolute atomic E-state index is 13.3. The highest BCUT2D eigenvalue weighted by Crippen LogP contribution is 2.24. The first kappa shape index (κ1) is 17.3. The number of carbonyl (C=O) groups excluding carboxylic acids is 1. The molecule has 0 bridgehead atoms. The molecule has 2 fully saturated rings. The van der Waals surface area contributed by atoms with Crippen LogP contribution in [0, 0.1) is 5.82 Å². The van der Waals surface area contributed by atoms with Gasteiger partial charge in [-0.05, 0) is 30.5 Å². The molecule has 1 N–H and O–H groups in total. The van der Waals surface area contributed by atoms with E-state index in [2.05, 4.69) is 4.90 Å². The van der Waals surface area contributed by atoms with Crippen molar-refractivity contribution in [1.29, 1.82) is 0 Å². The van der Waals surface area contributed by atoms with E-state index in [9.17, 15) is 14.3 Å². The van der Waals surface area contributed by atoms with Gasteiger partial charge < -0.3 is 14.7 Å².